The highest BCUT2D eigenvalue weighted by Crippen LogP contribution is 2.24. The average molecular weight is 191 g/mol. The van der Waals surface area contributed by atoms with Crippen LogP contribution in [-0.4, -0.2) is 51.7 Å². The van der Waals surface area contributed by atoms with Gasteiger partial charge >= 0.3 is 0 Å². The molecule has 0 spiro atoms. The largest absolute Gasteiger partial charge is 0.544 e. The number of carbonyl (C=O) groups is 2. The SMILES string of the molecule is O=C([O-])C1(O)O[C@@H](CO)[C@@H](O)C1=O. The normalized spacial score (nSPS) is 39.5. The van der Waals surface area contributed by atoms with E-state index in [9.17, 15) is 14.7 Å². The van der Waals surface area contributed by atoms with Gasteiger partial charge in [-0.3, -0.25) is 4.79 Å². The lowest BCUT2D eigenvalue weighted by atomic mass is 10.1. The van der Waals surface area contributed by atoms with E-state index in [-0.39, 0.29) is 0 Å². The fraction of sp³-hybridized carbons (Fsp3) is 0.667. The van der Waals surface area contributed by atoms with Crippen molar-refractivity contribution in [3.8, 4) is 0 Å². The fourth-order valence-corrected chi connectivity index (χ4v) is 0.997. The molecule has 0 amide bonds. The number of carbonyl (C=O) groups excluding carboxylic acids is 2. The maximum absolute atomic E-state index is 10.9. The third-order valence-electron chi connectivity index (χ3n) is 1.73. The molecule has 74 valence electrons. The summed E-state index contributed by atoms with van der Waals surface area (Å²) < 4.78 is 4.23. The Balaban J connectivity index is 2.94. The first-order valence-corrected chi connectivity index (χ1v) is 3.38. The van der Waals surface area contributed by atoms with E-state index in [0.29, 0.717) is 0 Å². The van der Waals surface area contributed by atoms with Crippen molar-refractivity contribution < 1.29 is 34.8 Å². The quantitative estimate of drug-likeness (QED) is 0.377. The van der Waals surface area contributed by atoms with Gasteiger partial charge in [0.1, 0.15) is 18.2 Å². The molecule has 0 aliphatic carbocycles. The number of aliphatic hydroxyl groups excluding tert-OH is 2. The van der Waals surface area contributed by atoms with Gasteiger partial charge in [0.2, 0.25) is 5.78 Å². The maximum Gasteiger partial charge on any atom is 0.272 e. The maximum atomic E-state index is 10.9. The first-order chi connectivity index (χ1) is 5.93. The second-order valence-corrected chi connectivity index (χ2v) is 2.58. The molecular formula is C6H7O7-. The highest BCUT2D eigenvalue weighted by molar-refractivity contribution is 6.07. The highest BCUT2D eigenvalue weighted by atomic mass is 16.7. The van der Waals surface area contributed by atoms with Crippen LogP contribution < -0.4 is 5.11 Å². The topological polar surface area (TPSA) is 127 Å². The minimum absolute atomic E-state index is 0.775. The van der Waals surface area contributed by atoms with E-state index in [2.05, 4.69) is 4.74 Å². The first kappa shape index (κ1) is 10.1. The molecule has 0 radical (unpaired) electrons. The second kappa shape index (κ2) is 3.04. The van der Waals surface area contributed by atoms with Gasteiger partial charge in [0.05, 0.1) is 6.61 Å². The van der Waals surface area contributed by atoms with Gasteiger partial charge in [-0.2, -0.15) is 0 Å². The fourth-order valence-electron chi connectivity index (χ4n) is 0.997. The van der Waals surface area contributed by atoms with Gasteiger partial charge in [-0.15, -0.1) is 0 Å². The molecule has 1 fully saturated rings. The van der Waals surface area contributed by atoms with Crippen LogP contribution in [0.5, 0.6) is 0 Å². The van der Waals surface area contributed by atoms with Crippen LogP contribution in [0.25, 0.3) is 0 Å². The van der Waals surface area contributed by atoms with Crippen molar-refractivity contribution >= 4 is 11.8 Å². The molecule has 3 N–H and O–H groups in total. The predicted molar refractivity (Wildman–Crippen MR) is 32.9 cm³/mol. The van der Waals surface area contributed by atoms with E-state index in [0.717, 1.165) is 0 Å². The summed E-state index contributed by atoms with van der Waals surface area (Å²) in [5.74, 6) is -6.74. The van der Waals surface area contributed by atoms with E-state index in [4.69, 9.17) is 15.3 Å². The van der Waals surface area contributed by atoms with Crippen LogP contribution in [0, 0.1) is 0 Å². The molecule has 13 heavy (non-hydrogen) atoms. The molecule has 0 aromatic heterocycles. The molecular weight excluding hydrogens is 184 g/mol. The van der Waals surface area contributed by atoms with Crippen molar-refractivity contribution in [3.63, 3.8) is 0 Å². The Bertz CT molecular complexity index is 249. The number of rotatable bonds is 2. The standard InChI is InChI=1S/C6H8O7/c7-1-2-3(8)4(9)6(12,13-2)5(10)11/h2-3,7-8,12H,1H2,(H,10,11)/p-1/t2-,3+,6?/m0/s1. The molecule has 3 atom stereocenters. The Kier molecular flexibility index (Phi) is 2.35. The average Bonchev–Trinajstić information content (AvgIpc) is 2.31. The summed E-state index contributed by atoms with van der Waals surface area (Å²) >= 11 is 0. The molecule has 7 heteroatoms. The summed E-state index contributed by atoms with van der Waals surface area (Å²) in [6, 6.07) is 0. The van der Waals surface area contributed by atoms with Crippen LogP contribution in [0.3, 0.4) is 0 Å². The minimum Gasteiger partial charge on any atom is -0.544 e. The predicted octanol–water partition coefficient (Wildman–Crippen LogP) is -4.25. The summed E-state index contributed by atoms with van der Waals surface area (Å²) in [5, 5.41) is 36.7. The van der Waals surface area contributed by atoms with Gasteiger partial charge in [0.15, 0.2) is 0 Å². The van der Waals surface area contributed by atoms with Gasteiger partial charge in [0, 0.05) is 0 Å². The molecule has 1 saturated heterocycles. The molecule has 1 aliphatic rings. The monoisotopic (exact) mass is 191 g/mol. The van der Waals surface area contributed by atoms with Crippen molar-refractivity contribution in [1.82, 2.24) is 0 Å². The Morgan fingerprint density at radius 1 is 1.69 bits per heavy atom. The molecule has 7 nitrogen and oxygen atoms in total. The van der Waals surface area contributed by atoms with Crippen molar-refractivity contribution in [3.05, 3.63) is 0 Å². The van der Waals surface area contributed by atoms with Crippen molar-refractivity contribution in [2.75, 3.05) is 6.61 Å². The van der Waals surface area contributed by atoms with Crippen LogP contribution in [0.4, 0.5) is 0 Å². The van der Waals surface area contributed by atoms with Gasteiger partial charge in [-0.05, 0) is 0 Å². The number of hydrogen-bond acceptors (Lipinski definition) is 7. The molecule has 1 heterocycles. The van der Waals surface area contributed by atoms with Crippen LogP contribution in [0.2, 0.25) is 0 Å². The number of Topliss-reactive ketones (excluding diaryl/α,β-unsaturated/α-hetero) is 1. The summed E-state index contributed by atoms with van der Waals surface area (Å²) in [4.78, 5) is 21.1. The zero-order chi connectivity index (χ0) is 10.2. The van der Waals surface area contributed by atoms with Crippen molar-refractivity contribution in [2.24, 2.45) is 0 Å². The summed E-state index contributed by atoms with van der Waals surface area (Å²) in [6.07, 6.45) is -3.29. The van der Waals surface area contributed by atoms with E-state index in [1.165, 1.54) is 0 Å². The molecule has 1 unspecified atom stereocenters. The lowest BCUT2D eigenvalue weighted by Crippen LogP contribution is -2.54. The van der Waals surface area contributed by atoms with Gasteiger partial charge in [-0.1, -0.05) is 0 Å². The molecule has 0 bridgehead atoms. The Hall–Kier alpha value is -1.02. The van der Waals surface area contributed by atoms with Gasteiger partial charge < -0.3 is 30.0 Å². The highest BCUT2D eigenvalue weighted by Gasteiger charge is 2.54. The van der Waals surface area contributed by atoms with Gasteiger partial charge in [0.25, 0.3) is 5.79 Å². The number of ketones is 1. The summed E-state index contributed by atoms with van der Waals surface area (Å²) in [6.45, 7) is -0.775. The van der Waals surface area contributed by atoms with Crippen LogP contribution in [-0.2, 0) is 14.3 Å². The van der Waals surface area contributed by atoms with Crippen molar-refractivity contribution in [2.45, 2.75) is 18.0 Å². The molecule has 1 rings (SSSR count). The smallest absolute Gasteiger partial charge is 0.272 e. The minimum atomic E-state index is -3.15. The number of hydrogen-bond donors (Lipinski definition) is 3. The zero-order valence-corrected chi connectivity index (χ0v) is 6.34. The third-order valence-corrected chi connectivity index (χ3v) is 1.73. The lowest BCUT2D eigenvalue weighted by molar-refractivity contribution is -0.344. The van der Waals surface area contributed by atoms with E-state index in [1.807, 2.05) is 0 Å². The van der Waals surface area contributed by atoms with Gasteiger partial charge in [-0.25, -0.2) is 0 Å². The van der Waals surface area contributed by atoms with Crippen LogP contribution in [0.1, 0.15) is 0 Å². The number of ether oxygens (including phenoxy) is 1. The number of carboxylic acids is 1. The Labute approximate surface area is 72.2 Å². The number of aliphatic hydroxyl groups is 3. The summed E-state index contributed by atoms with van der Waals surface area (Å²) in [7, 11) is 0. The number of carboxylic acid groups (broad SMARTS) is 1. The molecule has 1 aliphatic heterocycles. The second-order valence-electron chi connectivity index (χ2n) is 2.58. The lowest BCUT2D eigenvalue weighted by Gasteiger charge is -2.20. The summed E-state index contributed by atoms with van der Waals surface area (Å²) in [5.41, 5.74) is 0. The Morgan fingerprint density at radius 2 is 2.23 bits per heavy atom. The van der Waals surface area contributed by atoms with Crippen molar-refractivity contribution in [1.29, 1.82) is 0 Å². The molecule has 0 aromatic rings. The van der Waals surface area contributed by atoms with Crippen LogP contribution >= 0.6 is 0 Å². The first-order valence-electron chi connectivity index (χ1n) is 3.38. The molecule has 0 saturated carbocycles. The number of aliphatic carboxylic acids is 1. The van der Waals surface area contributed by atoms with E-state index >= 15 is 0 Å². The van der Waals surface area contributed by atoms with E-state index in [1.54, 1.807) is 0 Å². The zero-order valence-electron chi connectivity index (χ0n) is 6.34. The van der Waals surface area contributed by atoms with E-state index < -0.39 is 36.4 Å². The third kappa shape index (κ3) is 1.31. The molecule has 0 aromatic carbocycles. The Morgan fingerprint density at radius 3 is 2.46 bits per heavy atom. The van der Waals surface area contributed by atoms with Crippen LogP contribution in [0.15, 0.2) is 0 Å².